The minimum Gasteiger partial charge on any atom is -0.464 e. The van der Waals surface area contributed by atoms with E-state index in [4.69, 9.17) is 4.74 Å². The fourth-order valence-electron chi connectivity index (χ4n) is 1.36. The first kappa shape index (κ1) is 14.2. The molecule has 17 heavy (non-hydrogen) atoms. The molecule has 1 heterocycles. The van der Waals surface area contributed by atoms with Gasteiger partial charge in [-0.25, -0.2) is 0 Å². The molecule has 0 fully saturated rings. The summed E-state index contributed by atoms with van der Waals surface area (Å²) in [6, 6.07) is 3.90. The van der Waals surface area contributed by atoms with E-state index in [1.807, 2.05) is 17.5 Å². The highest BCUT2D eigenvalue weighted by atomic mass is 32.1. The number of hydrogen-bond acceptors (Lipinski definition) is 4. The van der Waals surface area contributed by atoms with Crippen molar-refractivity contribution in [3.63, 3.8) is 0 Å². The Hall–Kier alpha value is -0.870. The summed E-state index contributed by atoms with van der Waals surface area (Å²) >= 11 is 1.59. The summed E-state index contributed by atoms with van der Waals surface area (Å²) < 4.78 is 5.13. The van der Waals surface area contributed by atoms with E-state index in [1.165, 1.54) is 0 Å². The lowest BCUT2D eigenvalue weighted by molar-refractivity contribution is -0.142. The molecule has 1 aromatic heterocycles. The third-order valence-electron chi connectivity index (χ3n) is 2.34. The average molecular weight is 255 g/mol. The maximum Gasteiger partial charge on any atom is 0.311 e. The summed E-state index contributed by atoms with van der Waals surface area (Å²) in [5.74, 6) is 0.571. The first-order chi connectivity index (χ1) is 8.18. The van der Waals surface area contributed by atoms with E-state index in [1.54, 1.807) is 11.3 Å². The Labute approximate surface area is 107 Å². The van der Waals surface area contributed by atoms with E-state index in [9.17, 15) is 4.79 Å². The lowest BCUT2D eigenvalue weighted by Crippen LogP contribution is -2.23. The van der Waals surface area contributed by atoms with Crippen molar-refractivity contribution >= 4 is 17.3 Å². The van der Waals surface area contributed by atoms with Gasteiger partial charge in [0.05, 0.1) is 6.42 Å². The van der Waals surface area contributed by atoms with Gasteiger partial charge in [-0.05, 0) is 30.3 Å². The Kier molecular flexibility index (Phi) is 6.89. The first-order valence-electron chi connectivity index (χ1n) is 6.07. The second-order valence-electron chi connectivity index (χ2n) is 4.41. The molecule has 0 atom stereocenters. The van der Waals surface area contributed by atoms with Crippen LogP contribution in [0.4, 0.5) is 0 Å². The van der Waals surface area contributed by atoms with Gasteiger partial charge in [0.25, 0.3) is 0 Å². The lowest BCUT2D eigenvalue weighted by Gasteiger charge is -2.07. The number of thiophene rings is 1. The zero-order chi connectivity index (χ0) is 12.5. The van der Waals surface area contributed by atoms with Gasteiger partial charge in [-0.3, -0.25) is 4.79 Å². The molecule has 0 bridgehead atoms. The number of carbonyl (C=O) groups excluding carboxylic acids is 1. The van der Waals surface area contributed by atoms with Crippen LogP contribution in [0.2, 0.25) is 0 Å². The second-order valence-corrected chi connectivity index (χ2v) is 5.44. The first-order valence-corrected chi connectivity index (χ1v) is 6.95. The highest BCUT2D eigenvalue weighted by Crippen LogP contribution is 2.09. The molecule has 0 saturated heterocycles. The van der Waals surface area contributed by atoms with Gasteiger partial charge in [0, 0.05) is 11.4 Å². The maximum atomic E-state index is 11.4. The largest absolute Gasteiger partial charge is 0.464 e. The molecule has 1 rings (SSSR count). The Morgan fingerprint density at radius 1 is 1.47 bits per heavy atom. The SMILES string of the molecule is CC(C)CCNCCOC(=O)Cc1cccs1. The number of carbonyl (C=O) groups is 1. The van der Waals surface area contributed by atoms with Crippen LogP contribution in [0, 0.1) is 5.92 Å². The zero-order valence-corrected chi connectivity index (χ0v) is 11.4. The van der Waals surface area contributed by atoms with Crippen molar-refractivity contribution in [1.82, 2.24) is 5.32 Å². The molecule has 4 heteroatoms. The Morgan fingerprint density at radius 2 is 2.29 bits per heavy atom. The average Bonchev–Trinajstić information content (AvgIpc) is 2.75. The van der Waals surface area contributed by atoms with Crippen LogP contribution >= 0.6 is 11.3 Å². The van der Waals surface area contributed by atoms with Gasteiger partial charge in [-0.1, -0.05) is 19.9 Å². The molecule has 1 N–H and O–H groups in total. The highest BCUT2D eigenvalue weighted by Gasteiger charge is 2.04. The molecule has 0 saturated carbocycles. The van der Waals surface area contributed by atoms with Gasteiger partial charge < -0.3 is 10.1 Å². The smallest absolute Gasteiger partial charge is 0.311 e. The number of esters is 1. The van der Waals surface area contributed by atoms with Gasteiger partial charge in [0.1, 0.15) is 6.61 Å². The molecular formula is C13H21NO2S. The van der Waals surface area contributed by atoms with Crippen molar-refractivity contribution in [3.05, 3.63) is 22.4 Å². The minimum atomic E-state index is -0.141. The fraction of sp³-hybridized carbons (Fsp3) is 0.615. The van der Waals surface area contributed by atoms with Crippen LogP contribution in [0.3, 0.4) is 0 Å². The van der Waals surface area contributed by atoms with Crippen molar-refractivity contribution < 1.29 is 9.53 Å². The van der Waals surface area contributed by atoms with E-state index in [0.717, 1.165) is 24.4 Å². The molecule has 0 unspecified atom stereocenters. The molecule has 0 aliphatic rings. The molecule has 1 aromatic rings. The van der Waals surface area contributed by atoms with Gasteiger partial charge in [-0.2, -0.15) is 0 Å². The zero-order valence-electron chi connectivity index (χ0n) is 10.6. The van der Waals surface area contributed by atoms with Crippen LogP contribution in [-0.4, -0.2) is 25.7 Å². The van der Waals surface area contributed by atoms with Crippen molar-refractivity contribution in [3.8, 4) is 0 Å². The van der Waals surface area contributed by atoms with Crippen molar-refractivity contribution in [2.75, 3.05) is 19.7 Å². The normalized spacial score (nSPS) is 10.8. The fourth-order valence-corrected chi connectivity index (χ4v) is 2.05. The summed E-state index contributed by atoms with van der Waals surface area (Å²) in [4.78, 5) is 12.5. The highest BCUT2D eigenvalue weighted by molar-refractivity contribution is 7.10. The Bertz CT molecular complexity index is 309. The van der Waals surface area contributed by atoms with Gasteiger partial charge in [0.2, 0.25) is 0 Å². The number of rotatable bonds is 8. The molecule has 0 spiro atoms. The maximum absolute atomic E-state index is 11.4. The van der Waals surface area contributed by atoms with Crippen molar-refractivity contribution in [1.29, 1.82) is 0 Å². The third kappa shape index (κ3) is 7.13. The van der Waals surface area contributed by atoms with Crippen LogP contribution < -0.4 is 5.32 Å². The quantitative estimate of drug-likeness (QED) is 0.573. The monoisotopic (exact) mass is 255 g/mol. The summed E-state index contributed by atoms with van der Waals surface area (Å²) in [5.41, 5.74) is 0. The van der Waals surface area contributed by atoms with Crippen LogP contribution in [0.5, 0.6) is 0 Å². The van der Waals surface area contributed by atoms with Crippen molar-refractivity contribution in [2.45, 2.75) is 26.7 Å². The summed E-state index contributed by atoms with van der Waals surface area (Å²) in [5, 5.41) is 5.22. The minimum absolute atomic E-state index is 0.141. The van der Waals surface area contributed by atoms with Crippen LogP contribution in [0.1, 0.15) is 25.1 Å². The molecule has 0 aliphatic heterocycles. The number of nitrogens with one attached hydrogen (secondary N) is 1. The van der Waals surface area contributed by atoms with E-state index in [-0.39, 0.29) is 5.97 Å². The molecule has 0 radical (unpaired) electrons. The topological polar surface area (TPSA) is 38.3 Å². The number of ether oxygens (including phenoxy) is 1. The van der Waals surface area contributed by atoms with Gasteiger partial charge in [-0.15, -0.1) is 11.3 Å². The molecule has 3 nitrogen and oxygen atoms in total. The molecule has 0 amide bonds. The van der Waals surface area contributed by atoms with Crippen LogP contribution in [0.25, 0.3) is 0 Å². The van der Waals surface area contributed by atoms with E-state index < -0.39 is 0 Å². The van der Waals surface area contributed by atoms with Crippen molar-refractivity contribution in [2.24, 2.45) is 5.92 Å². The van der Waals surface area contributed by atoms with Gasteiger partial charge >= 0.3 is 5.97 Å². The van der Waals surface area contributed by atoms with E-state index >= 15 is 0 Å². The summed E-state index contributed by atoms with van der Waals surface area (Å²) in [6.07, 6.45) is 1.55. The summed E-state index contributed by atoms with van der Waals surface area (Å²) in [6.45, 7) is 6.58. The second kappa shape index (κ2) is 8.25. The standard InChI is InChI=1S/C13H21NO2S/c1-11(2)5-6-14-7-8-16-13(15)10-12-4-3-9-17-12/h3-4,9,11,14H,5-8,10H2,1-2H3. The molecular weight excluding hydrogens is 234 g/mol. The van der Waals surface area contributed by atoms with Crippen LogP contribution in [0.15, 0.2) is 17.5 Å². The Balaban J connectivity index is 1.97. The predicted octanol–water partition coefficient (Wildman–Crippen LogP) is 2.47. The van der Waals surface area contributed by atoms with E-state index in [2.05, 4.69) is 19.2 Å². The molecule has 0 aromatic carbocycles. The third-order valence-corrected chi connectivity index (χ3v) is 3.22. The lowest BCUT2D eigenvalue weighted by atomic mass is 10.1. The van der Waals surface area contributed by atoms with E-state index in [0.29, 0.717) is 18.9 Å². The number of hydrogen-bond donors (Lipinski definition) is 1. The Morgan fingerprint density at radius 3 is 2.94 bits per heavy atom. The van der Waals surface area contributed by atoms with Crippen LogP contribution in [-0.2, 0) is 16.0 Å². The molecule has 0 aliphatic carbocycles. The molecule has 96 valence electrons. The predicted molar refractivity (Wildman–Crippen MR) is 71.3 cm³/mol. The van der Waals surface area contributed by atoms with Gasteiger partial charge in [0.15, 0.2) is 0 Å². The summed E-state index contributed by atoms with van der Waals surface area (Å²) in [7, 11) is 0.